The summed E-state index contributed by atoms with van der Waals surface area (Å²) in [6, 6.07) is 0. The van der Waals surface area contributed by atoms with Crippen LogP contribution in [-0.4, -0.2) is 47.4 Å². The van der Waals surface area contributed by atoms with Crippen LogP contribution in [0.4, 0.5) is 0 Å². The lowest BCUT2D eigenvalue weighted by Crippen LogP contribution is -2.33. The quantitative estimate of drug-likeness (QED) is 0.396. The first-order valence-corrected chi connectivity index (χ1v) is 5.68. The van der Waals surface area contributed by atoms with Gasteiger partial charge in [0.2, 0.25) is 0 Å². The van der Waals surface area contributed by atoms with E-state index >= 15 is 0 Å². The smallest absolute Gasteiger partial charge is 0.252 e. The van der Waals surface area contributed by atoms with Crippen LogP contribution in [0.2, 0.25) is 0 Å². The van der Waals surface area contributed by atoms with E-state index in [1.54, 1.807) is 27.7 Å². The van der Waals surface area contributed by atoms with Crippen LogP contribution in [0.3, 0.4) is 0 Å². The zero-order chi connectivity index (χ0) is 13.3. The first-order chi connectivity index (χ1) is 8.10. The van der Waals surface area contributed by atoms with Crippen LogP contribution in [0.5, 0.6) is 0 Å². The van der Waals surface area contributed by atoms with Gasteiger partial charge in [-0.1, -0.05) is 0 Å². The first kappa shape index (κ1) is 15.3. The number of carbonyl (C=O) groups is 2. The van der Waals surface area contributed by atoms with E-state index in [1.807, 2.05) is 0 Å². The van der Waals surface area contributed by atoms with Crippen LogP contribution in [0.25, 0.3) is 0 Å². The highest BCUT2D eigenvalue weighted by molar-refractivity contribution is 5.97. The molecule has 0 N–H and O–H groups in total. The van der Waals surface area contributed by atoms with E-state index in [0.717, 1.165) is 0 Å². The standard InChI is InChI=1S/C11H20N4O2/c1-5-12-14(7-3)10(16)9-11(17)15(8-4)13-6-2/h5-6H,7-9H2,1-4H3/b12-5+,13-6+. The van der Waals surface area contributed by atoms with Crippen LogP contribution in [0.1, 0.15) is 34.1 Å². The molecule has 0 unspecified atom stereocenters. The molecular weight excluding hydrogens is 220 g/mol. The number of hydrogen-bond donors (Lipinski definition) is 0. The Morgan fingerprint density at radius 3 is 1.53 bits per heavy atom. The lowest BCUT2D eigenvalue weighted by Gasteiger charge is -2.17. The van der Waals surface area contributed by atoms with Gasteiger partial charge in [0.25, 0.3) is 11.8 Å². The Labute approximate surface area is 102 Å². The normalized spacial score (nSPS) is 11.1. The molecule has 0 aliphatic rings. The number of rotatable bonds is 6. The second-order valence-corrected chi connectivity index (χ2v) is 3.14. The Bertz CT molecular complexity index is 283. The molecule has 0 aromatic rings. The van der Waals surface area contributed by atoms with Gasteiger partial charge in [-0.05, 0) is 27.7 Å². The van der Waals surface area contributed by atoms with E-state index in [-0.39, 0.29) is 18.2 Å². The fourth-order valence-corrected chi connectivity index (χ4v) is 1.24. The maximum absolute atomic E-state index is 11.7. The van der Waals surface area contributed by atoms with E-state index in [1.165, 1.54) is 22.4 Å². The molecule has 0 radical (unpaired) electrons. The van der Waals surface area contributed by atoms with Crippen molar-refractivity contribution in [2.45, 2.75) is 34.1 Å². The van der Waals surface area contributed by atoms with Crippen molar-refractivity contribution in [3.8, 4) is 0 Å². The molecule has 0 heterocycles. The fraction of sp³-hybridized carbons (Fsp3) is 0.636. The molecule has 0 aliphatic carbocycles. The van der Waals surface area contributed by atoms with E-state index in [9.17, 15) is 9.59 Å². The molecule has 0 spiro atoms. The van der Waals surface area contributed by atoms with Gasteiger partial charge in [-0.15, -0.1) is 0 Å². The third-order valence-corrected chi connectivity index (χ3v) is 1.99. The maximum atomic E-state index is 11.7. The number of hydrazone groups is 2. The molecule has 0 aromatic heterocycles. The predicted octanol–water partition coefficient (Wildman–Crippen LogP) is 1.08. The summed E-state index contributed by atoms with van der Waals surface area (Å²) in [6.45, 7) is 7.93. The summed E-state index contributed by atoms with van der Waals surface area (Å²) in [6.07, 6.45) is 2.83. The van der Waals surface area contributed by atoms with Gasteiger partial charge < -0.3 is 0 Å². The van der Waals surface area contributed by atoms with Crippen molar-refractivity contribution < 1.29 is 9.59 Å². The van der Waals surface area contributed by atoms with Crippen LogP contribution in [-0.2, 0) is 9.59 Å². The molecule has 17 heavy (non-hydrogen) atoms. The minimum Gasteiger partial charge on any atom is -0.272 e. The van der Waals surface area contributed by atoms with Gasteiger partial charge in [-0.2, -0.15) is 10.2 Å². The molecular formula is C11H20N4O2. The number of amides is 2. The molecule has 0 rings (SSSR count). The van der Waals surface area contributed by atoms with E-state index in [4.69, 9.17) is 0 Å². The molecule has 0 fully saturated rings. The first-order valence-electron chi connectivity index (χ1n) is 5.68. The highest BCUT2D eigenvalue weighted by Crippen LogP contribution is 2.00. The van der Waals surface area contributed by atoms with Crippen molar-refractivity contribution >= 4 is 24.2 Å². The van der Waals surface area contributed by atoms with Gasteiger partial charge in [0.05, 0.1) is 0 Å². The SMILES string of the molecule is C/C=N/N(CC)C(=O)CC(=O)N(CC)/N=C/C. The molecule has 6 heteroatoms. The Morgan fingerprint density at radius 2 is 1.29 bits per heavy atom. The topological polar surface area (TPSA) is 65.3 Å². The van der Waals surface area contributed by atoms with E-state index < -0.39 is 0 Å². The van der Waals surface area contributed by atoms with Gasteiger partial charge in [-0.25, -0.2) is 10.0 Å². The molecule has 0 bridgehead atoms. The summed E-state index contributed by atoms with van der Waals surface area (Å²) in [5.41, 5.74) is 0. The molecule has 0 saturated heterocycles. The molecule has 2 amide bonds. The van der Waals surface area contributed by atoms with Gasteiger partial charge >= 0.3 is 0 Å². The number of hydrogen-bond acceptors (Lipinski definition) is 4. The zero-order valence-corrected chi connectivity index (χ0v) is 10.9. The summed E-state index contributed by atoms with van der Waals surface area (Å²) in [5.74, 6) is -0.638. The van der Waals surface area contributed by atoms with Crippen molar-refractivity contribution in [1.82, 2.24) is 10.0 Å². The summed E-state index contributed by atoms with van der Waals surface area (Å²) in [5, 5.41) is 10.3. The third-order valence-electron chi connectivity index (χ3n) is 1.99. The molecule has 0 saturated carbocycles. The summed E-state index contributed by atoms with van der Waals surface area (Å²) < 4.78 is 0. The maximum Gasteiger partial charge on any atom is 0.252 e. The summed E-state index contributed by atoms with van der Waals surface area (Å²) in [7, 11) is 0. The van der Waals surface area contributed by atoms with E-state index in [0.29, 0.717) is 13.1 Å². The molecule has 6 nitrogen and oxygen atoms in total. The number of carbonyl (C=O) groups excluding carboxylic acids is 2. The second kappa shape index (κ2) is 8.43. The fourth-order valence-electron chi connectivity index (χ4n) is 1.24. The summed E-state index contributed by atoms with van der Waals surface area (Å²) >= 11 is 0. The lowest BCUT2D eigenvalue weighted by molar-refractivity contribution is -0.140. The minimum absolute atomic E-state index is 0.212. The van der Waals surface area contributed by atoms with Crippen LogP contribution >= 0.6 is 0 Å². The monoisotopic (exact) mass is 240 g/mol. The molecule has 0 atom stereocenters. The van der Waals surface area contributed by atoms with Crippen molar-refractivity contribution in [2.24, 2.45) is 10.2 Å². The molecule has 0 aliphatic heterocycles. The molecule has 96 valence electrons. The van der Waals surface area contributed by atoms with Crippen LogP contribution in [0, 0.1) is 0 Å². The average molecular weight is 240 g/mol. The van der Waals surface area contributed by atoms with Crippen molar-refractivity contribution in [3.05, 3.63) is 0 Å². The lowest BCUT2D eigenvalue weighted by atomic mass is 10.3. The average Bonchev–Trinajstić information content (AvgIpc) is 2.32. The third kappa shape index (κ3) is 5.24. The van der Waals surface area contributed by atoms with Crippen molar-refractivity contribution in [2.75, 3.05) is 13.1 Å². The van der Waals surface area contributed by atoms with Gasteiger partial charge in [0.1, 0.15) is 6.42 Å². The number of nitrogens with zero attached hydrogens (tertiary/aromatic N) is 4. The second-order valence-electron chi connectivity index (χ2n) is 3.14. The minimum atomic E-state index is -0.319. The highest BCUT2D eigenvalue weighted by atomic mass is 16.2. The Balaban J connectivity index is 4.50. The Kier molecular flexibility index (Phi) is 7.58. The highest BCUT2D eigenvalue weighted by Gasteiger charge is 2.18. The predicted molar refractivity (Wildman–Crippen MR) is 67.7 cm³/mol. The molecule has 0 aromatic carbocycles. The van der Waals surface area contributed by atoms with Gasteiger partial charge in [0.15, 0.2) is 0 Å². The summed E-state index contributed by atoms with van der Waals surface area (Å²) in [4.78, 5) is 23.4. The largest absolute Gasteiger partial charge is 0.272 e. The van der Waals surface area contributed by atoms with Crippen LogP contribution < -0.4 is 0 Å². The van der Waals surface area contributed by atoms with Crippen LogP contribution in [0.15, 0.2) is 10.2 Å². The zero-order valence-electron chi connectivity index (χ0n) is 10.9. The van der Waals surface area contributed by atoms with Crippen molar-refractivity contribution in [3.63, 3.8) is 0 Å². The Morgan fingerprint density at radius 1 is 0.941 bits per heavy atom. The van der Waals surface area contributed by atoms with Gasteiger partial charge in [-0.3, -0.25) is 9.59 Å². The van der Waals surface area contributed by atoms with E-state index in [2.05, 4.69) is 10.2 Å². The van der Waals surface area contributed by atoms with Crippen molar-refractivity contribution in [1.29, 1.82) is 0 Å². The Hall–Kier alpha value is -1.72. The van der Waals surface area contributed by atoms with Gasteiger partial charge in [0, 0.05) is 25.5 Å².